The van der Waals surface area contributed by atoms with Crippen LogP contribution in [0.1, 0.15) is 25.8 Å². The molecule has 1 rings (SSSR count). The lowest BCUT2D eigenvalue weighted by Gasteiger charge is -2.26. The zero-order chi connectivity index (χ0) is 11.1. The molecule has 0 saturated heterocycles. The molecular formula is C13H22N2. The van der Waals surface area contributed by atoms with Crippen LogP contribution < -0.4 is 11.1 Å². The second kappa shape index (κ2) is 5.89. The molecule has 0 bridgehead atoms. The number of rotatable bonds is 6. The maximum absolute atomic E-state index is 5.76. The summed E-state index contributed by atoms with van der Waals surface area (Å²) in [4.78, 5) is 0. The molecule has 0 aliphatic carbocycles. The average Bonchev–Trinajstić information content (AvgIpc) is 2.30. The molecule has 0 saturated carbocycles. The Balaban J connectivity index is 2.33. The predicted octanol–water partition coefficient (Wildman–Crippen LogP) is 2.15. The Hall–Kier alpha value is -0.860. The van der Waals surface area contributed by atoms with Crippen molar-refractivity contribution in [2.45, 2.75) is 26.8 Å². The molecule has 0 spiro atoms. The molecule has 1 aromatic carbocycles. The highest BCUT2D eigenvalue weighted by atomic mass is 14.9. The highest BCUT2D eigenvalue weighted by Crippen LogP contribution is 2.17. The van der Waals surface area contributed by atoms with Gasteiger partial charge in [0.1, 0.15) is 0 Å². The Labute approximate surface area is 92.9 Å². The lowest BCUT2D eigenvalue weighted by atomic mass is 9.88. The third kappa shape index (κ3) is 4.02. The predicted molar refractivity (Wildman–Crippen MR) is 65.6 cm³/mol. The van der Waals surface area contributed by atoms with Crippen LogP contribution in [-0.4, -0.2) is 13.1 Å². The van der Waals surface area contributed by atoms with Crippen LogP contribution >= 0.6 is 0 Å². The van der Waals surface area contributed by atoms with Crippen LogP contribution in [0.3, 0.4) is 0 Å². The van der Waals surface area contributed by atoms with Gasteiger partial charge in [0.2, 0.25) is 0 Å². The summed E-state index contributed by atoms with van der Waals surface area (Å²) >= 11 is 0. The zero-order valence-corrected chi connectivity index (χ0v) is 9.79. The van der Waals surface area contributed by atoms with Gasteiger partial charge in [0.25, 0.3) is 0 Å². The molecule has 0 radical (unpaired) electrons. The topological polar surface area (TPSA) is 38.0 Å². The van der Waals surface area contributed by atoms with E-state index in [2.05, 4.69) is 43.4 Å². The molecule has 0 aromatic heterocycles. The van der Waals surface area contributed by atoms with Crippen molar-refractivity contribution in [1.82, 2.24) is 5.32 Å². The van der Waals surface area contributed by atoms with Crippen LogP contribution in [-0.2, 0) is 6.54 Å². The van der Waals surface area contributed by atoms with E-state index in [-0.39, 0.29) is 5.41 Å². The van der Waals surface area contributed by atoms with Gasteiger partial charge >= 0.3 is 0 Å². The van der Waals surface area contributed by atoms with E-state index in [4.69, 9.17) is 5.73 Å². The fourth-order valence-corrected chi connectivity index (χ4v) is 1.45. The first kappa shape index (κ1) is 12.2. The summed E-state index contributed by atoms with van der Waals surface area (Å²) in [5, 5.41) is 3.46. The van der Waals surface area contributed by atoms with E-state index in [1.807, 2.05) is 6.07 Å². The third-order valence-electron chi connectivity index (χ3n) is 3.07. The Morgan fingerprint density at radius 3 is 2.47 bits per heavy atom. The van der Waals surface area contributed by atoms with E-state index in [0.29, 0.717) is 0 Å². The second-order valence-electron chi connectivity index (χ2n) is 4.46. The molecule has 15 heavy (non-hydrogen) atoms. The highest BCUT2D eigenvalue weighted by molar-refractivity contribution is 5.14. The van der Waals surface area contributed by atoms with Crippen LogP contribution in [0.2, 0.25) is 0 Å². The summed E-state index contributed by atoms with van der Waals surface area (Å²) in [7, 11) is 0. The molecule has 1 unspecified atom stereocenters. The molecule has 2 nitrogen and oxygen atoms in total. The summed E-state index contributed by atoms with van der Waals surface area (Å²) in [6.07, 6.45) is 1.12. The summed E-state index contributed by atoms with van der Waals surface area (Å²) in [6, 6.07) is 10.5. The SMILES string of the molecule is CCC(C)(CN)CNCc1ccccc1. The first-order chi connectivity index (χ1) is 7.20. The van der Waals surface area contributed by atoms with Crippen molar-refractivity contribution in [3.8, 4) is 0 Å². The summed E-state index contributed by atoms with van der Waals surface area (Å²) in [5.41, 5.74) is 7.31. The Bertz CT molecular complexity index is 265. The molecule has 84 valence electrons. The van der Waals surface area contributed by atoms with Gasteiger partial charge in [0, 0.05) is 13.1 Å². The van der Waals surface area contributed by atoms with Gasteiger partial charge in [-0.15, -0.1) is 0 Å². The smallest absolute Gasteiger partial charge is 0.0205 e. The summed E-state index contributed by atoms with van der Waals surface area (Å²) < 4.78 is 0. The molecule has 2 heteroatoms. The number of hydrogen-bond acceptors (Lipinski definition) is 2. The summed E-state index contributed by atoms with van der Waals surface area (Å²) in [6.45, 7) is 7.07. The van der Waals surface area contributed by atoms with Crippen molar-refractivity contribution in [2.24, 2.45) is 11.1 Å². The minimum absolute atomic E-state index is 0.231. The fourth-order valence-electron chi connectivity index (χ4n) is 1.45. The molecule has 3 N–H and O–H groups in total. The van der Waals surface area contributed by atoms with Crippen LogP contribution in [0, 0.1) is 5.41 Å². The lowest BCUT2D eigenvalue weighted by molar-refractivity contribution is 0.303. The van der Waals surface area contributed by atoms with Gasteiger partial charge in [-0.1, -0.05) is 44.2 Å². The van der Waals surface area contributed by atoms with Crippen LogP contribution in [0.15, 0.2) is 30.3 Å². The highest BCUT2D eigenvalue weighted by Gasteiger charge is 2.18. The summed E-state index contributed by atoms with van der Waals surface area (Å²) in [5.74, 6) is 0. The molecule has 0 amide bonds. The molecule has 0 aliphatic rings. The second-order valence-corrected chi connectivity index (χ2v) is 4.46. The zero-order valence-electron chi connectivity index (χ0n) is 9.79. The number of nitrogens with one attached hydrogen (secondary N) is 1. The van der Waals surface area contributed by atoms with Crippen molar-refractivity contribution < 1.29 is 0 Å². The van der Waals surface area contributed by atoms with Crippen molar-refractivity contribution in [3.63, 3.8) is 0 Å². The van der Waals surface area contributed by atoms with Crippen molar-refractivity contribution in [3.05, 3.63) is 35.9 Å². The maximum atomic E-state index is 5.76. The fraction of sp³-hybridized carbons (Fsp3) is 0.538. The van der Waals surface area contributed by atoms with Crippen molar-refractivity contribution >= 4 is 0 Å². The van der Waals surface area contributed by atoms with Gasteiger partial charge in [-0.3, -0.25) is 0 Å². The Morgan fingerprint density at radius 2 is 1.93 bits per heavy atom. The average molecular weight is 206 g/mol. The Morgan fingerprint density at radius 1 is 1.27 bits per heavy atom. The number of hydrogen-bond donors (Lipinski definition) is 2. The van der Waals surface area contributed by atoms with E-state index in [1.165, 1.54) is 5.56 Å². The van der Waals surface area contributed by atoms with Crippen LogP contribution in [0.4, 0.5) is 0 Å². The van der Waals surface area contributed by atoms with Gasteiger partial charge in [0.15, 0.2) is 0 Å². The normalized spacial score (nSPS) is 14.9. The molecule has 0 fully saturated rings. The van der Waals surface area contributed by atoms with E-state index in [1.54, 1.807) is 0 Å². The monoisotopic (exact) mass is 206 g/mol. The quantitative estimate of drug-likeness (QED) is 0.748. The first-order valence-electron chi connectivity index (χ1n) is 5.65. The van der Waals surface area contributed by atoms with E-state index < -0.39 is 0 Å². The van der Waals surface area contributed by atoms with Gasteiger partial charge < -0.3 is 11.1 Å². The molecule has 1 atom stereocenters. The minimum atomic E-state index is 0.231. The van der Waals surface area contributed by atoms with Crippen molar-refractivity contribution in [2.75, 3.05) is 13.1 Å². The van der Waals surface area contributed by atoms with Gasteiger partial charge in [-0.2, -0.15) is 0 Å². The molecular weight excluding hydrogens is 184 g/mol. The van der Waals surface area contributed by atoms with E-state index in [0.717, 1.165) is 26.1 Å². The van der Waals surface area contributed by atoms with Gasteiger partial charge in [-0.25, -0.2) is 0 Å². The standard InChI is InChI=1S/C13H22N2/c1-3-13(2,10-14)11-15-9-12-7-5-4-6-8-12/h4-8,15H,3,9-11,14H2,1-2H3. The van der Waals surface area contributed by atoms with Crippen LogP contribution in [0.5, 0.6) is 0 Å². The molecule has 0 aliphatic heterocycles. The lowest BCUT2D eigenvalue weighted by Crippen LogP contribution is -2.37. The Kier molecular flexibility index (Phi) is 4.79. The minimum Gasteiger partial charge on any atom is -0.330 e. The first-order valence-corrected chi connectivity index (χ1v) is 5.65. The largest absolute Gasteiger partial charge is 0.330 e. The number of benzene rings is 1. The van der Waals surface area contributed by atoms with Gasteiger partial charge in [0.05, 0.1) is 0 Å². The maximum Gasteiger partial charge on any atom is 0.0205 e. The molecule has 1 aromatic rings. The van der Waals surface area contributed by atoms with Crippen molar-refractivity contribution in [1.29, 1.82) is 0 Å². The molecule has 0 heterocycles. The van der Waals surface area contributed by atoms with Crippen LogP contribution in [0.25, 0.3) is 0 Å². The van der Waals surface area contributed by atoms with Gasteiger partial charge in [-0.05, 0) is 23.9 Å². The van der Waals surface area contributed by atoms with E-state index >= 15 is 0 Å². The third-order valence-corrected chi connectivity index (χ3v) is 3.07. The number of nitrogens with two attached hydrogens (primary N) is 1. The van der Waals surface area contributed by atoms with E-state index in [9.17, 15) is 0 Å².